The number of anilines is 1. The highest BCUT2D eigenvalue weighted by molar-refractivity contribution is 6.00. The Bertz CT molecular complexity index is 462. The fourth-order valence-electron chi connectivity index (χ4n) is 2.43. The van der Waals surface area contributed by atoms with Crippen LogP contribution in [0.4, 0.5) is 5.69 Å². The smallest absolute Gasteiger partial charge is 0.253 e. The van der Waals surface area contributed by atoms with Crippen LogP contribution < -0.4 is 16.0 Å². The Kier molecular flexibility index (Phi) is 8.71. The molecule has 0 unspecified atom stereocenters. The summed E-state index contributed by atoms with van der Waals surface area (Å²) in [6, 6.07) is 6.09. The molecule has 0 aliphatic carbocycles. The normalized spacial score (nSPS) is 14.9. The summed E-state index contributed by atoms with van der Waals surface area (Å²) in [6.07, 6.45) is 2.41. The third kappa shape index (κ3) is 5.06. The standard InChI is InChI=1S/C15H23N3O.2ClH/c1-11-5-6-14(18-7-3-4-8-18)13(9-11)15(19)17-12(2)10-16;;/h5-6,9,12H,3-4,7-8,10,16H2,1-2H3,(H,17,19);2*1H/t12-;;/m0../s1. The van der Waals surface area contributed by atoms with Gasteiger partial charge in [0.05, 0.1) is 5.56 Å². The molecule has 1 amide bonds. The van der Waals surface area contributed by atoms with Gasteiger partial charge < -0.3 is 16.0 Å². The lowest BCUT2D eigenvalue weighted by atomic mass is 10.1. The molecular formula is C15H25Cl2N3O. The molecule has 1 heterocycles. The van der Waals surface area contributed by atoms with Gasteiger partial charge in [0.2, 0.25) is 0 Å². The van der Waals surface area contributed by atoms with Gasteiger partial charge in [-0.05, 0) is 38.8 Å². The Morgan fingerprint density at radius 1 is 1.33 bits per heavy atom. The van der Waals surface area contributed by atoms with E-state index >= 15 is 0 Å². The van der Waals surface area contributed by atoms with E-state index in [9.17, 15) is 4.79 Å². The fourth-order valence-corrected chi connectivity index (χ4v) is 2.43. The third-order valence-electron chi connectivity index (χ3n) is 3.57. The van der Waals surface area contributed by atoms with Crippen molar-refractivity contribution in [2.45, 2.75) is 32.7 Å². The monoisotopic (exact) mass is 333 g/mol. The number of carbonyl (C=O) groups is 1. The maximum Gasteiger partial charge on any atom is 0.253 e. The minimum atomic E-state index is -0.0245. The third-order valence-corrected chi connectivity index (χ3v) is 3.57. The molecule has 0 saturated carbocycles. The van der Waals surface area contributed by atoms with Gasteiger partial charge >= 0.3 is 0 Å². The summed E-state index contributed by atoms with van der Waals surface area (Å²) >= 11 is 0. The number of rotatable bonds is 4. The summed E-state index contributed by atoms with van der Waals surface area (Å²) in [5.41, 5.74) is 8.48. The topological polar surface area (TPSA) is 58.4 Å². The molecule has 0 spiro atoms. The van der Waals surface area contributed by atoms with Crippen LogP contribution in [-0.2, 0) is 0 Å². The summed E-state index contributed by atoms with van der Waals surface area (Å²) in [5.74, 6) is -0.0245. The van der Waals surface area contributed by atoms with Gasteiger partial charge in [-0.25, -0.2) is 0 Å². The van der Waals surface area contributed by atoms with Crippen LogP contribution in [0.15, 0.2) is 18.2 Å². The lowest BCUT2D eigenvalue weighted by molar-refractivity contribution is 0.0941. The average molecular weight is 334 g/mol. The number of amides is 1. The predicted molar refractivity (Wildman–Crippen MR) is 93.1 cm³/mol. The van der Waals surface area contributed by atoms with Crippen LogP contribution >= 0.6 is 24.8 Å². The van der Waals surface area contributed by atoms with Crippen molar-refractivity contribution in [3.8, 4) is 0 Å². The molecule has 1 fully saturated rings. The number of benzene rings is 1. The Morgan fingerprint density at radius 2 is 1.95 bits per heavy atom. The highest BCUT2D eigenvalue weighted by Gasteiger charge is 2.20. The van der Waals surface area contributed by atoms with Crippen molar-refractivity contribution < 1.29 is 4.79 Å². The van der Waals surface area contributed by atoms with Gasteiger partial charge in [-0.15, -0.1) is 24.8 Å². The lowest BCUT2D eigenvalue weighted by Gasteiger charge is -2.22. The summed E-state index contributed by atoms with van der Waals surface area (Å²) in [7, 11) is 0. The van der Waals surface area contributed by atoms with Crippen LogP contribution in [0.3, 0.4) is 0 Å². The first-order valence-corrected chi connectivity index (χ1v) is 6.98. The van der Waals surface area contributed by atoms with Crippen LogP contribution in [0.1, 0.15) is 35.7 Å². The maximum absolute atomic E-state index is 12.4. The number of halogens is 2. The molecule has 4 nitrogen and oxygen atoms in total. The zero-order valence-corrected chi connectivity index (χ0v) is 14.2. The Labute approximate surface area is 139 Å². The van der Waals surface area contributed by atoms with Crippen molar-refractivity contribution in [2.24, 2.45) is 5.73 Å². The molecule has 120 valence electrons. The molecule has 0 aromatic heterocycles. The molecule has 6 heteroatoms. The van der Waals surface area contributed by atoms with Crippen LogP contribution in [0, 0.1) is 6.92 Å². The second-order valence-electron chi connectivity index (χ2n) is 5.32. The molecular weight excluding hydrogens is 309 g/mol. The Hall–Kier alpha value is -0.970. The first-order valence-electron chi connectivity index (χ1n) is 6.98. The first-order chi connectivity index (χ1) is 9.11. The van der Waals surface area contributed by atoms with E-state index in [4.69, 9.17) is 5.73 Å². The molecule has 1 aromatic carbocycles. The molecule has 21 heavy (non-hydrogen) atoms. The second-order valence-corrected chi connectivity index (χ2v) is 5.32. The quantitative estimate of drug-likeness (QED) is 0.890. The maximum atomic E-state index is 12.4. The summed E-state index contributed by atoms with van der Waals surface area (Å²) in [4.78, 5) is 14.6. The van der Waals surface area contributed by atoms with E-state index in [-0.39, 0.29) is 36.8 Å². The van der Waals surface area contributed by atoms with Crippen molar-refractivity contribution >= 4 is 36.4 Å². The minimum Gasteiger partial charge on any atom is -0.371 e. The van der Waals surface area contributed by atoms with Gasteiger partial charge in [0.15, 0.2) is 0 Å². The van der Waals surface area contributed by atoms with Crippen LogP contribution in [0.2, 0.25) is 0 Å². The van der Waals surface area contributed by atoms with Crippen LogP contribution in [0.25, 0.3) is 0 Å². The van der Waals surface area contributed by atoms with E-state index in [1.54, 1.807) is 0 Å². The largest absolute Gasteiger partial charge is 0.371 e. The van der Waals surface area contributed by atoms with Gasteiger partial charge in [-0.3, -0.25) is 4.79 Å². The fraction of sp³-hybridized carbons (Fsp3) is 0.533. The van der Waals surface area contributed by atoms with Gasteiger partial charge in [0.1, 0.15) is 0 Å². The molecule has 0 bridgehead atoms. The molecule has 1 atom stereocenters. The van der Waals surface area contributed by atoms with E-state index in [1.807, 2.05) is 19.9 Å². The zero-order valence-electron chi connectivity index (χ0n) is 12.6. The van der Waals surface area contributed by atoms with Gasteiger partial charge in [0.25, 0.3) is 5.91 Å². The highest BCUT2D eigenvalue weighted by Crippen LogP contribution is 2.25. The lowest BCUT2D eigenvalue weighted by Crippen LogP contribution is -2.38. The van der Waals surface area contributed by atoms with Crippen LogP contribution in [-0.4, -0.2) is 31.6 Å². The van der Waals surface area contributed by atoms with E-state index < -0.39 is 0 Å². The Balaban J connectivity index is 0.00000200. The number of nitrogens with zero attached hydrogens (tertiary/aromatic N) is 1. The average Bonchev–Trinajstić information content (AvgIpc) is 2.92. The molecule has 0 radical (unpaired) electrons. The SMILES string of the molecule is Cc1ccc(N2CCCC2)c(C(=O)N[C@@H](C)CN)c1.Cl.Cl. The number of nitrogens with two attached hydrogens (primary N) is 1. The van der Waals surface area contributed by atoms with Crippen molar-refractivity contribution in [2.75, 3.05) is 24.5 Å². The summed E-state index contributed by atoms with van der Waals surface area (Å²) in [6.45, 7) is 6.46. The molecule has 1 aliphatic rings. The van der Waals surface area contributed by atoms with E-state index in [1.165, 1.54) is 12.8 Å². The summed E-state index contributed by atoms with van der Waals surface area (Å²) < 4.78 is 0. The van der Waals surface area contributed by atoms with Crippen molar-refractivity contribution in [3.63, 3.8) is 0 Å². The molecule has 3 N–H and O–H groups in total. The molecule has 1 saturated heterocycles. The van der Waals surface area contributed by atoms with Crippen molar-refractivity contribution in [3.05, 3.63) is 29.3 Å². The number of hydrogen-bond acceptors (Lipinski definition) is 3. The minimum absolute atomic E-state index is 0. The second kappa shape index (κ2) is 9.13. The van der Waals surface area contributed by atoms with E-state index in [0.29, 0.717) is 6.54 Å². The molecule has 1 aromatic rings. The molecule has 2 rings (SSSR count). The van der Waals surface area contributed by atoms with E-state index in [2.05, 4.69) is 22.3 Å². The highest BCUT2D eigenvalue weighted by atomic mass is 35.5. The van der Waals surface area contributed by atoms with Crippen molar-refractivity contribution in [1.29, 1.82) is 0 Å². The Morgan fingerprint density at radius 3 is 2.52 bits per heavy atom. The van der Waals surface area contributed by atoms with Gasteiger partial charge in [-0.2, -0.15) is 0 Å². The number of aryl methyl sites for hydroxylation is 1. The van der Waals surface area contributed by atoms with Gasteiger partial charge in [-0.1, -0.05) is 11.6 Å². The van der Waals surface area contributed by atoms with E-state index in [0.717, 1.165) is 29.9 Å². The number of carbonyl (C=O) groups excluding carboxylic acids is 1. The number of hydrogen-bond donors (Lipinski definition) is 2. The van der Waals surface area contributed by atoms with Gasteiger partial charge in [0, 0.05) is 31.4 Å². The zero-order chi connectivity index (χ0) is 13.8. The molecule has 1 aliphatic heterocycles. The predicted octanol–water partition coefficient (Wildman–Crippen LogP) is 2.52. The van der Waals surface area contributed by atoms with Crippen molar-refractivity contribution in [1.82, 2.24) is 5.32 Å². The number of nitrogens with one attached hydrogen (secondary N) is 1. The first kappa shape index (κ1) is 20.0. The summed E-state index contributed by atoms with van der Waals surface area (Å²) in [5, 5.41) is 2.95. The van der Waals surface area contributed by atoms with Crippen LogP contribution in [0.5, 0.6) is 0 Å².